The summed E-state index contributed by atoms with van der Waals surface area (Å²) in [6.45, 7) is 2.18. The number of rotatable bonds is 4. The van der Waals surface area contributed by atoms with Gasteiger partial charge in [-0.1, -0.05) is 19.4 Å². The first-order chi connectivity index (χ1) is 7.90. The van der Waals surface area contributed by atoms with Crippen molar-refractivity contribution >= 4 is 0 Å². The lowest BCUT2D eigenvalue weighted by Gasteiger charge is -2.00. The van der Waals surface area contributed by atoms with E-state index in [2.05, 4.69) is 22.1 Å². The number of unbranched alkanes of at least 4 members (excludes halogenated alkanes) is 1. The average molecular weight is 213 g/mol. The Morgan fingerprint density at radius 2 is 1.94 bits per heavy atom. The van der Waals surface area contributed by atoms with Gasteiger partial charge in [0.05, 0.1) is 11.4 Å². The van der Waals surface area contributed by atoms with E-state index in [1.54, 1.807) is 6.20 Å². The van der Waals surface area contributed by atoms with Crippen LogP contribution in [0.1, 0.15) is 25.5 Å². The lowest BCUT2D eigenvalue weighted by Crippen LogP contribution is -1.95. The van der Waals surface area contributed by atoms with Crippen molar-refractivity contribution in [3.05, 3.63) is 42.2 Å². The Bertz CT molecular complexity index is 423. The molecule has 0 saturated heterocycles. The van der Waals surface area contributed by atoms with Crippen LogP contribution in [0, 0.1) is 0 Å². The third kappa shape index (κ3) is 2.63. The molecule has 0 unspecified atom stereocenters. The van der Waals surface area contributed by atoms with Crippen LogP contribution in [-0.4, -0.2) is 15.2 Å². The lowest BCUT2D eigenvalue weighted by atomic mass is 10.2. The number of nitrogens with zero attached hydrogens (tertiary/aromatic N) is 3. The zero-order chi connectivity index (χ0) is 11.2. The maximum atomic E-state index is 4.24. The molecule has 0 N–H and O–H groups in total. The highest BCUT2D eigenvalue weighted by atomic mass is 15.1. The van der Waals surface area contributed by atoms with Gasteiger partial charge in [-0.05, 0) is 37.1 Å². The van der Waals surface area contributed by atoms with Crippen molar-refractivity contribution in [2.75, 3.05) is 0 Å². The van der Waals surface area contributed by atoms with Gasteiger partial charge >= 0.3 is 0 Å². The van der Waals surface area contributed by atoms with E-state index >= 15 is 0 Å². The van der Waals surface area contributed by atoms with Gasteiger partial charge in [-0.3, -0.25) is 4.98 Å². The second-order valence-electron chi connectivity index (χ2n) is 3.73. The van der Waals surface area contributed by atoms with Gasteiger partial charge < -0.3 is 0 Å². The van der Waals surface area contributed by atoms with Crippen LogP contribution >= 0.6 is 0 Å². The first-order valence-corrected chi connectivity index (χ1v) is 5.64. The van der Waals surface area contributed by atoms with Crippen LogP contribution in [0.25, 0.3) is 11.4 Å². The van der Waals surface area contributed by atoms with E-state index in [1.165, 1.54) is 6.42 Å². The molecular formula is C13H15N3. The van der Waals surface area contributed by atoms with Gasteiger partial charge in [-0.25, -0.2) is 0 Å². The molecule has 0 aliphatic heterocycles. The summed E-state index contributed by atoms with van der Waals surface area (Å²) in [6.07, 6.45) is 5.12. The molecule has 3 nitrogen and oxygen atoms in total. The molecule has 0 aliphatic carbocycles. The Kier molecular flexibility index (Phi) is 3.59. The van der Waals surface area contributed by atoms with E-state index in [1.807, 2.05) is 30.3 Å². The number of aryl methyl sites for hydroxylation is 1. The summed E-state index contributed by atoms with van der Waals surface area (Å²) >= 11 is 0. The van der Waals surface area contributed by atoms with Gasteiger partial charge in [0.2, 0.25) is 0 Å². The molecule has 0 aliphatic rings. The largest absolute Gasteiger partial charge is 0.255 e. The second-order valence-corrected chi connectivity index (χ2v) is 3.73. The second kappa shape index (κ2) is 5.35. The monoisotopic (exact) mass is 213 g/mol. The SMILES string of the molecule is CCCCc1ccc(-c2ccccn2)nn1. The summed E-state index contributed by atoms with van der Waals surface area (Å²) in [5.74, 6) is 0. The van der Waals surface area contributed by atoms with Crippen LogP contribution in [0.15, 0.2) is 36.5 Å². The number of aromatic nitrogens is 3. The Balaban J connectivity index is 2.13. The van der Waals surface area contributed by atoms with Crippen LogP contribution in [0.2, 0.25) is 0 Å². The first-order valence-electron chi connectivity index (χ1n) is 5.64. The number of pyridine rings is 1. The molecule has 0 amide bonds. The van der Waals surface area contributed by atoms with E-state index in [0.29, 0.717) is 0 Å². The standard InChI is InChI=1S/C13H15N3/c1-2-3-6-11-8-9-13(16-15-11)12-7-4-5-10-14-12/h4-5,7-10H,2-3,6H2,1H3. The first kappa shape index (κ1) is 10.7. The smallest absolute Gasteiger partial charge is 0.111 e. The molecular weight excluding hydrogens is 198 g/mol. The van der Waals surface area contributed by atoms with Crippen molar-refractivity contribution in [2.24, 2.45) is 0 Å². The van der Waals surface area contributed by atoms with Gasteiger partial charge in [0.1, 0.15) is 5.69 Å². The zero-order valence-corrected chi connectivity index (χ0v) is 9.43. The summed E-state index contributed by atoms with van der Waals surface area (Å²) in [5, 5.41) is 8.39. The maximum Gasteiger partial charge on any atom is 0.111 e. The van der Waals surface area contributed by atoms with Gasteiger partial charge in [0.15, 0.2) is 0 Å². The van der Waals surface area contributed by atoms with Gasteiger partial charge in [-0.2, -0.15) is 5.10 Å². The normalized spacial score (nSPS) is 10.3. The summed E-state index contributed by atoms with van der Waals surface area (Å²) in [4.78, 5) is 4.24. The summed E-state index contributed by atoms with van der Waals surface area (Å²) in [5.41, 5.74) is 2.76. The molecule has 2 heterocycles. The van der Waals surface area contributed by atoms with Crippen molar-refractivity contribution in [1.82, 2.24) is 15.2 Å². The highest BCUT2D eigenvalue weighted by Crippen LogP contribution is 2.12. The Labute approximate surface area is 95.6 Å². The van der Waals surface area contributed by atoms with E-state index in [-0.39, 0.29) is 0 Å². The van der Waals surface area contributed by atoms with Crippen LogP contribution in [0.3, 0.4) is 0 Å². The molecule has 0 atom stereocenters. The van der Waals surface area contributed by atoms with Crippen LogP contribution in [0.4, 0.5) is 0 Å². The van der Waals surface area contributed by atoms with Crippen molar-refractivity contribution in [2.45, 2.75) is 26.2 Å². The lowest BCUT2D eigenvalue weighted by molar-refractivity contribution is 0.760. The summed E-state index contributed by atoms with van der Waals surface area (Å²) in [6, 6.07) is 9.81. The van der Waals surface area contributed by atoms with Crippen LogP contribution in [-0.2, 0) is 6.42 Å². The number of hydrogen-bond acceptors (Lipinski definition) is 3. The maximum absolute atomic E-state index is 4.24. The summed E-state index contributed by atoms with van der Waals surface area (Å²) < 4.78 is 0. The zero-order valence-electron chi connectivity index (χ0n) is 9.43. The molecule has 0 saturated carbocycles. The molecule has 0 aromatic carbocycles. The Morgan fingerprint density at radius 1 is 1.00 bits per heavy atom. The van der Waals surface area contributed by atoms with Crippen molar-refractivity contribution in [3.63, 3.8) is 0 Å². The highest BCUT2D eigenvalue weighted by molar-refractivity contribution is 5.52. The fourth-order valence-corrected chi connectivity index (χ4v) is 1.50. The fourth-order valence-electron chi connectivity index (χ4n) is 1.50. The Morgan fingerprint density at radius 3 is 2.56 bits per heavy atom. The van der Waals surface area contributed by atoms with Crippen molar-refractivity contribution < 1.29 is 0 Å². The van der Waals surface area contributed by atoms with Gasteiger partial charge in [0.25, 0.3) is 0 Å². The van der Waals surface area contributed by atoms with Crippen LogP contribution in [0.5, 0.6) is 0 Å². The highest BCUT2D eigenvalue weighted by Gasteiger charge is 2.01. The third-order valence-electron chi connectivity index (χ3n) is 2.43. The molecule has 0 radical (unpaired) electrons. The molecule has 2 rings (SSSR count). The minimum absolute atomic E-state index is 0.834. The number of hydrogen-bond donors (Lipinski definition) is 0. The van der Waals surface area contributed by atoms with E-state index < -0.39 is 0 Å². The van der Waals surface area contributed by atoms with Crippen LogP contribution < -0.4 is 0 Å². The third-order valence-corrected chi connectivity index (χ3v) is 2.43. The quantitative estimate of drug-likeness (QED) is 0.783. The molecule has 16 heavy (non-hydrogen) atoms. The minimum Gasteiger partial charge on any atom is -0.255 e. The van der Waals surface area contributed by atoms with Crippen molar-refractivity contribution in [3.8, 4) is 11.4 Å². The Hall–Kier alpha value is -1.77. The topological polar surface area (TPSA) is 38.7 Å². The van der Waals surface area contributed by atoms with E-state index in [0.717, 1.165) is 29.9 Å². The van der Waals surface area contributed by atoms with E-state index in [9.17, 15) is 0 Å². The van der Waals surface area contributed by atoms with Gasteiger partial charge in [0, 0.05) is 6.20 Å². The fraction of sp³-hybridized carbons (Fsp3) is 0.308. The predicted octanol–water partition coefficient (Wildman–Crippen LogP) is 2.88. The molecule has 0 spiro atoms. The summed E-state index contributed by atoms with van der Waals surface area (Å²) in [7, 11) is 0. The molecule has 2 aromatic heterocycles. The van der Waals surface area contributed by atoms with E-state index in [4.69, 9.17) is 0 Å². The molecule has 3 heteroatoms. The molecule has 2 aromatic rings. The molecule has 0 bridgehead atoms. The average Bonchev–Trinajstić information content (AvgIpc) is 2.38. The molecule has 82 valence electrons. The van der Waals surface area contributed by atoms with Crippen molar-refractivity contribution in [1.29, 1.82) is 0 Å². The minimum atomic E-state index is 0.834. The molecule has 0 fully saturated rings. The predicted molar refractivity (Wildman–Crippen MR) is 63.9 cm³/mol. The van der Waals surface area contributed by atoms with Gasteiger partial charge in [-0.15, -0.1) is 5.10 Å².